The molecule has 0 aromatic carbocycles. The van der Waals surface area contributed by atoms with Gasteiger partial charge in [-0.15, -0.1) is 0 Å². The smallest absolute Gasteiger partial charge is 0.254 e. The molecule has 2 heterocycles. The lowest BCUT2D eigenvalue weighted by atomic mass is 9.88. The predicted octanol–water partition coefficient (Wildman–Crippen LogP) is -1.30. The van der Waals surface area contributed by atoms with Crippen molar-refractivity contribution >= 4 is 17.7 Å². The Morgan fingerprint density at radius 1 is 1.42 bits per heavy atom. The number of aliphatic hydroxyl groups excluding tert-OH is 1. The van der Waals surface area contributed by atoms with Gasteiger partial charge in [0.2, 0.25) is 11.8 Å². The molecule has 3 N–H and O–H groups in total. The van der Waals surface area contributed by atoms with Gasteiger partial charge in [0, 0.05) is 25.6 Å². The van der Waals surface area contributed by atoms with Crippen molar-refractivity contribution in [3.8, 4) is 0 Å². The Hall–Kier alpha value is -1.47. The number of aliphatic hydroxyl groups is 1. The summed E-state index contributed by atoms with van der Waals surface area (Å²) in [6, 6.07) is 0. The Morgan fingerprint density at radius 2 is 2.11 bits per heavy atom. The highest BCUT2D eigenvalue weighted by molar-refractivity contribution is 6.04. The molecule has 106 valence electrons. The second-order valence-corrected chi connectivity index (χ2v) is 4.99. The van der Waals surface area contributed by atoms with E-state index in [2.05, 4.69) is 10.6 Å². The van der Waals surface area contributed by atoms with Gasteiger partial charge in [0.1, 0.15) is 5.54 Å². The lowest BCUT2D eigenvalue weighted by Gasteiger charge is -2.35. The Morgan fingerprint density at radius 3 is 2.68 bits per heavy atom. The summed E-state index contributed by atoms with van der Waals surface area (Å²) in [5, 5.41) is 14.2. The van der Waals surface area contributed by atoms with Crippen molar-refractivity contribution in [3.05, 3.63) is 0 Å². The van der Waals surface area contributed by atoms with Gasteiger partial charge >= 0.3 is 0 Å². The van der Waals surface area contributed by atoms with Crippen LogP contribution in [0.4, 0.5) is 0 Å². The number of amides is 3. The number of piperidine rings is 1. The first-order valence-corrected chi connectivity index (χ1v) is 6.42. The van der Waals surface area contributed by atoms with Gasteiger partial charge in [-0.1, -0.05) is 0 Å². The number of hydrogen-bond acceptors (Lipinski definition) is 5. The van der Waals surface area contributed by atoms with Crippen molar-refractivity contribution in [2.75, 3.05) is 19.8 Å². The van der Waals surface area contributed by atoms with Gasteiger partial charge in [-0.2, -0.15) is 0 Å². The van der Waals surface area contributed by atoms with E-state index in [0.29, 0.717) is 26.1 Å². The van der Waals surface area contributed by atoms with E-state index in [-0.39, 0.29) is 30.6 Å². The zero-order valence-electron chi connectivity index (χ0n) is 10.6. The largest absolute Gasteiger partial charge is 0.393 e. The second-order valence-electron chi connectivity index (χ2n) is 4.99. The van der Waals surface area contributed by atoms with Crippen molar-refractivity contribution in [2.45, 2.75) is 31.2 Å². The van der Waals surface area contributed by atoms with E-state index in [4.69, 9.17) is 4.74 Å². The average Bonchev–Trinajstić information content (AvgIpc) is 2.43. The van der Waals surface area contributed by atoms with Crippen LogP contribution in [0.3, 0.4) is 0 Å². The monoisotopic (exact) mass is 270 g/mol. The highest BCUT2D eigenvalue weighted by atomic mass is 16.5. The van der Waals surface area contributed by atoms with Gasteiger partial charge in [-0.25, -0.2) is 0 Å². The lowest BCUT2D eigenvalue weighted by molar-refractivity contribution is -0.145. The van der Waals surface area contributed by atoms with E-state index in [1.165, 1.54) is 0 Å². The van der Waals surface area contributed by atoms with E-state index in [9.17, 15) is 19.5 Å². The molecule has 0 spiro atoms. The van der Waals surface area contributed by atoms with E-state index in [1.807, 2.05) is 0 Å². The molecule has 2 saturated heterocycles. The quantitative estimate of drug-likeness (QED) is 0.553. The van der Waals surface area contributed by atoms with Crippen LogP contribution in [0.15, 0.2) is 0 Å². The van der Waals surface area contributed by atoms with Gasteiger partial charge in [-0.05, 0) is 19.3 Å². The minimum absolute atomic E-state index is 0.111. The molecule has 0 aromatic heterocycles. The zero-order chi connectivity index (χ0) is 13.9. The van der Waals surface area contributed by atoms with E-state index >= 15 is 0 Å². The normalized spacial score (nSPS) is 28.9. The van der Waals surface area contributed by atoms with Gasteiger partial charge in [0.25, 0.3) is 5.91 Å². The first kappa shape index (κ1) is 14.0. The molecule has 0 radical (unpaired) electrons. The maximum atomic E-state index is 12.1. The molecule has 0 aliphatic carbocycles. The van der Waals surface area contributed by atoms with E-state index < -0.39 is 18.1 Å². The molecule has 0 bridgehead atoms. The van der Waals surface area contributed by atoms with E-state index in [0.717, 1.165) is 0 Å². The molecule has 2 fully saturated rings. The topological polar surface area (TPSA) is 105 Å². The standard InChI is InChI=1S/C12H18N2O5/c15-7-12(4-1-9(16)13-11(12)18)14-10(17)8-2-5-19-6-3-8/h8,15H,1-7H2,(H,14,17)(H,13,16,18). The predicted molar refractivity (Wildman–Crippen MR) is 63.9 cm³/mol. The molecular formula is C12H18N2O5. The molecule has 2 rings (SSSR count). The number of nitrogens with one attached hydrogen (secondary N) is 2. The highest BCUT2D eigenvalue weighted by Gasteiger charge is 2.44. The number of carbonyl (C=O) groups is 3. The molecule has 19 heavy (non-hydrogen) atoms. The Labute approximate surface area is 110 Å². The van der Waals surface area contributed by atoms with Gasteiger partial charge in [0.15, 0.2) is 0 Å². The fourth-order valence-corrected chi connectivity index (χ4v) is 2.36. The summed E-state index contributed by atoms with van der Waals surface area (Å²) in [5.74, 6) is -1.48. The number of hydrogen-bond donors (Lipinski definition) is 3. The molecule has 2 aliphatic heterocycles. The zero-order valence-corrected chi connectivity index (χ0v) is 10.6. The Bertz CT molecular complexity index is 392. The molecule has 3 amide bonds. The number of rotatable bonds is 3. The molecule has 7 nitrogen and oxygen atoms in total. The number of carbonyl (C=O) groups excluding carboxylic acids is 3. The summed E-state index contributed by atoms with van der Waals surface area (Å²) in [7, 11) is 0. The number of ether oxygens (including phenoxy) is 1. The summed E-state index contributed by atoms with van der Waals surface area (Å²) in [6.45, 7) is 0.533. The summed E-state index contributed by atoms with van der Waals surface area (Å²) in [6.07, 6.45) is 1.45. The molecular weight excluding hydrogens is 252 g/mol. The minimum Gasteiger partial charge on any atom is -0.393 e. The van der Waals surface area contributed by atoms with Crippen LogP contribution < -0.4 is 10.6 Å². The SMILES string of the molecule is O=C1CCC(CO)(NC(=O)C2CCOCC2)C(=O)N1. The first-order chi connectivity index (χ1) is 9.07. The molecule has 1 unspecified atom stereocenters. The fourth-order valence-electron chi connectivity index (χ4n) is 2.36. The Kier molecular flexibility index (Phi) is 4.16. The van der Waals surface area contributed by atoms with Crippen LogP contribution in [0.25, 0.3) is 0 Å². The molecule has 7 heteroatoms. The second kappa shape index (κ2) is 5.66. The van der Waals surface area contributed by atoms with Crippen molar-refractivity contribution in [1.82, 2.24) is 10.6 Å². The van der Waals surface area contributed by atoms with Crippen molar-refractivity contribution in [1.29, 1.82) is 0 Å². The molecule has 0 saturated carbocycles. The van der Waals surface area contributed by atoms with Gasteiger partial charge in [-0.3, -0.25) is 19.7 Å². The van der Waals surface area contributed by atoms with Crippen LogP contribution in [0.1, 0.15) is 25.7 Å². The maximum absolute atomic E-state index is 12.1. The average molecular weight is 270 g/mol. The van der Waals surface area contributed by atoms with Gasteiger partial charge < -0.3 is 15.2 Å². The van der Waals surface area contributed by atoms with Crippen molar-refractivity contribution in [3.63, 3.8) is 0 Å². The summed E-state index contributed by atoms with van der Waals surface area (Å²) >= 11 is 0. The first-order valence-electron chi connectivity index (χ1n) is 6.42. The van der Waals surface area contributed by atoms with Crippen LogP contribution in [0, 0.1) is 5.92 Å². The third-order valence-corrected chi connectivity index (χ3v) is 3.69. The highest BCUT2D eigenvalue weighted by Crippen LogP contribution is 2.21. The lowest BCUT2D eigenvalue weighted by Crippen LogP contribution is -2.65. The summed E-state index contributed by atoms with van der Waals surface area (Å²) in [5.41, 5.74) is -1.37. The van der Waals surface area contributed by atoms with Crippen LogP contribution in [0.5, 0.6) is 0 Å². The fraction of sp³-hybridized carbons (Fsp3) is 0.750. The molecule has 2 aliphatic rings. The molecule has 1 atom stereocenters. The Balaban J connectivity index is 2.03. The van der Waals surface area contributed by atoms with Crippen LogP contribution >= 0.6 is 0 Å². The summed E-state index contributed by atoms with van der Waals surface area (Å²) in [4.78, 5) is 35.1. The van der Waals surface area contributed by atoms with Crippen LogP contribution in [0.2, 0.25) is 0 Å². The third kappa shape index (κ3) is 2.93. The van der Waals surface area contributed by atoms with E-state index in [1.54, 1.807) is 0 Å². The molecule has 0 aromatic rings. The third-order valence-electron chi connectivity index (χ3n) is 3.69. The van der Waals surface area contributed by atoms with Crippen LogP contribution in [-0.2, 0) is 19.1 Å². The minimum atomic E-state index is -1.37. The van der Waals surface area contributed by atoms with Crippen LogP contribution in [-0.4, -0.2) is 48.2 Å². The maximum Gasteiger partial charge on any atom is 0.254 e. The summed E-state index contributed by atoms with van der Waals surface area (Å²) < 4.78 is 5.17. The number of imide groups is 1. The van der Waals surface area contributed by atoms with Gasteiger partial charge in [0.05, 0.1) is 6.61 Å². The van der Waals surface area contributed by atoms with Crippen molar-refractivity contribution in [2.24, 2.45) is 5.92 Å². The van der Waals surface area contributed by atoms with Crippen molar-refractivity contribution < 1.29 is 24.2 Å².